The van der Waals surface area contributed by atoms with Crippen molar-refractivity contribution in [2.75, 3.05) is 13.2 Å². The summed E-state index contributed by atoms with van der Waals surface area (Å²) in [5.74, 6) is -3.28. The zero-order valence-corrected chi connectivity index (χ0v) is 22.6. The molecule has 1 fully saturated rings. The maximum Gasteiger partial charge on any atom is 0.338 e. The molecule has 2 aliphatic heterocycles. The second kappa shape index (κ2) is 10.1. The highest BCUT2D eigenvalue weighted by atomic mass is 16.6. The number of ketones is 1. The molecule has 3 atom stereocenters. The van der Waals surface area contributed by atoms with Crippen molar-refractivity contribution in [3.05, 3.63) is 108 Å². The first-order chi connectivity index (χ1) is 19.9. The molecule has 0 bridgehead atoms. The SMILES string of the molecule is CCOC(=O)C1(C(=O)OCC)N[C@H](c2c(O)ccc3ccccc23)[C@]2(Oc3ccccc3C2=O)[C@@H]1c1ccccc1. The van der Waals surface area contributed by atoms with Gasteiger partial charge in [0.15, 0.2) is 0 Å². The van der Waals surface area contributed by atoms with Crippen molar-refractivity contribution < 1.29 is 33.7 Å². The highest BCUT2D eigenvalue weighted by Crippen LogP contribution is 2.60. The number of hydrogen-bond acceptors (Lipinski definition) is 8. The molecule has 0 saturated carbocycles. The van der Waals surface area contributed by atoms with Crippen molar-refractivity contribution in [2.45, 2.75) is 36.9 Å². The molecule has 2 N–H and O–H groups in total. The van der Waals surface area contributed by atoms with Gasteiger partial charge in [-0.15, -0.1) is 0 Å². The number of para-hydroxylation sites is 1. The number of Topliss-reactive ketones (excluding diaryl/α,β-unsaturated/α-hetero) is 1. The Morgan fingerprint density at radius 3 is 2.17 bits per heavy atom. The molecular weight excluding hydrogens is 522 g/mol. The Morgan fingerprint density at radius 2 is 1.49 bits per heavy atom. The standard InChI is InChI=1S/C33H29NO7/c1-3-39-30(37)32(31(38)40-4-2)27(21-13-6-5-7-14-21)33(29(36)23-16-10-11-17-25(23)41-33)28(34-32)26-22-15-9-8-12-20(22)18-19-24(26)35/h5-19,27-28,34-35H,3-4H2,1-2H3/t27-,28-,33-/m1/s1. The third-order valence-electron chi connectivity index (χ3n) is 7.99. The van der Waals surface area contributed by atoms with Crippen LogP contribution in [0.25, 0.3) is 10.8 Å². The average Bonchev–Trinajstić information content (AvgIpc) is 3.46. The number of ether oxygens (including phenoxy) is 3. The molecule has 1 saturated heterocycles. The molecule has 2 heterocycles. The van der Waals surface area contributed by atoms with Crippen LogP contribution in [0.2, 0.25) is 0 Å². The lowest BCUT2D eigenvalue weighted by molar-refractivity contribution is -0.167. The van der Waals surface area contributed by atoms with Crippen LogP contribution in [-0.2, 0) is 19.1 Å². The predicted molar refractivity (Wildman–Crippen MR) is 151 cm³/mol. The van der Waals surface area contributed by atoms with E-state index >= 15 is 0 Å². The van der Waals surface area contributed by atoms with E-state index in [1.165, 1.54) is 6.07 Å². The van der Waals surface area contributed by atoms with Crippen LogP contribution in [0, 0.1) is 0 Å². The molecule has 0 aromatic heterocycles. The van der Waals surface area contributed by atoms with Gasteiger partial charge in [0.1, 0.15) is 11.5 Å². The summed E-state index contributed by atoms with van der Waals surface area (Å²) in [6, 6.07) is 25.1. The van der Waals surface area contributed by atoms with Gasteiger partial charge in [0.05, 0.1) is 30.7 Å². The molecule has 6 rings (SSSR count). The molecule has 41 heavy (non-hydrogen) atoms. The first-order valence-corrected chi connectivity index (χ1v) is 13.6. The van der Waals surface area contributed by atoms with Crippen LogP contribution < -0.4 is 10.1 Å². The summed E-state index contributed by atoms with van der Waals surface area (Å²) in [5, 5.41) is 16.0. The van der Waals surface area contributed by atoms with Gasteiger partial charge in [-0.25, -0.2) is 9.59 Å². The Bertz CT molecular complexity index is 1650. The van der Waals surface area contributed by atoms with Crippen molar-refractivity contribution in [1.82, 2.24) is 5.32 Å². The predicted octanol–water partition coefficient (Wildman–Crippen LogP) is 4.85. The largest absolute Gasteiger partial charge is 0.508 e. The lowest BCUT2D eigenvalue weighted by atomic mass is 9.68. The van der Waals surface area contributed by atoms with Gasteiger partial charge in [0.25, 0.3) is 0 Å². The fourth-order valence-corrected chi connectivity index (χ4v) is 6.41. The Hall–Kier alpha value is -4.69. The molecule has 2 aliphatic rings. The number of carbonyl (C=O) groups excluding carboxylic acids is 3. The lowest BCUT2D eigenvalue weighted by Gasteiger charge is -2.37. The summed E-state index contributed by atoms with van der Waals surface area (Å²) in [7, 11) is 0. The molecule has 1 spiro atoms. The number of aromatic hydroxyl groups is 1. The van der Waals surface area contributed by atoms with E-state index in [0.29, 0.717) is 27.8 Å². The molecular formula is C33H29NO7. The average molecular weight is 552 g/mol. The minimum atomic E-state index is -2.20. The molecule has 208 valence electrons. The van der Waals surface area contributed by atoms with Gasteiger partial charge >= 0.3 is 11.9 Å². The number of fused-ring (bicyclic) bond motifs is 2. The van der Waals surface area contributed by atoms with Crippen LogP contribution in [0.1, 0.15) is 47.3 Å². The smallest absolute Gasteiger partial charge is 0.338 e. The first kappa shape index (κ1) is 26.5. The minimum Gasteiger partial charge on any atom is -0.508 e. The summed E-state index contributed by atoms with van der Waals surface area (Å²) in [6.45, 7) is 3.24. The van der Waals surface area contributed by atoms with Crippen molar-refractivity contribution >= 4 is 28.5 Å². The van der Waals surface area contributed by atoms with E-state index in [1.54, 1.807) is 74.5 Å². The molecule has 4 aromatic rings. The third-order valence-corrected chi connectivity index (χ3v) is 7.99. The van der Waals surface area contributed by atoms with Crippen molar-refractivity contribution in [3.63, 3.8) is 0 Å². The molecule has 0 radical (unpaired) electrons. The van der Waals surface area contributed by atoms with Crippen LogP contribution in [0.15, 0.2) is 91.0 Å². The van der Waals surface area contributed by atoms with E-state index in [1.807, 2.05) is 24.3 Å². The summed E-state index contributed by atoms with van der Waals surface area (Å²) >= 11 is 0. The topological polar surface area (TPSA) is 111 Å². The number of phenolic OH excluding ortho intramolecular Hbond substituents is 1. The van der Waals surface area contributed by atoms with Crippen molar-refractivity contribution in [3.8, 4) is 11.5 Å². The highest BCUT2D eigenvalue weighted by Gasteiger charge is 2.77. The summed E-state index contributed by atoms with van der Waals surface area (Å²) in [4.78, 5) is 42.9. The molecule has 8 nitrogen and oxygen atoms in total. The highest BCUT2D eigenvalue weighted by molar-refractivity contribution is 6.15. The van der Waals surface area contributed by atoms with E-state index in [0.717, 1.165) is 5.39 Å². The van der Waals surface area contributed by atoms with Crippen molar-refractivity contribution in [1.29, 1.82) is 0 Å². The molecule has 8 heteroatoms. The first-order valence-electron chi connectivity index (χ1n) is 13.6. The minimum absolute atomic E-state index is 0.0185. The van der Waals surface area contributed by atoms with Crippen LogP contribution in [0.4, 0.5) is 0 Å². The number of benzene rings is 4. The van der Waals surface area contributed by atoms with Crippen LogP contribution in [0.3, 0.4) is 0 Å². The Kier molecular flexibility index (Phi) is 6.50. The Morgan fingerprint density at radius 1 is 0.854 bits per heavy atom. The van der Waals surface area contributed by atoms with E-state index in [9.17, 15) is 19.5 Å². The van der Waals surface area contributed by atoms with Gasteiger partial charge < -0.3 is 19.3 Å². The van der Waals surface area contributed by atoms with Crippen LogP contribution >= 0.6 is 0 Å². The van der Waals surface area contributed by atoms with E-state index in [2.05, 4.69) is 5.32 Å². The number of hydrogen-bond donors (Lipinski definition) is 2. The summed E-state index contributed by atoms with van der Waals surface area (Å²) in [5.41, 5.74) is -2.96. The molecule has 0 aliphatic carbocycles. The third kappa shape index (κ3) is 3.74. The monoisotopic (exact) mass is 551 g/mol. The van der Waals surface area contributed by atoms with E-state index < -0.39 is 40.8 Å². The van der Waals surface area contributed by atoms with Gasteiger partial charge in [-0.05, 0) is 48.4 Å². The number of phenols is 1. The van der Waals surface area contributed by atoms with Crippen LogP contribution in [-0.4, -0.2) is 47.2 Å². The van der Waals surface area contributed by atoms with Crippen molar-refractivity contribution in [2.24, 2.45) is 0 Å². The normalized spacial score (nSPS) is 22.3. The second-order valence-corrected chi connectivity index (χ2v) is 10.1. The zero-order valence-electron chi connectivity index (χ0n) is 22.6. The molecule has 0 amide bonds. The van der Waals surface area contributed by atoms with E-state index in [-0.39, 0.29) is 19.0 Å². The molecule has 4 aromatic carbocycles. The lowest BCUT2D eigenvalue weighted by Crippen LogP contribution is -2.61. The summed E-state index contributed by atoms with van der Waals surface area (Å²) in [6.07, 6.45) is 0. The maximum absolute atomic E-state index is 14.7. The fourth-order valence-electron chi connectivity index (χ4n) is 6.41. The van der Waals surface area contributed by atoms with Gasteiger partial charge in [-0.2, -0.15) is 0 Å². The number of esters is 2. The Labute approximate surface area is 236 Å². The maximum atomic E-state index is 14.7. The van der Waals surface area contributed by atoms with Gasteiger partial charge in [0.2, 0.25) is 16.9 Å². The second-order valence-electron chi connectivity index (χ2n) is 10.1. The Balaban J connectivity index is 1.74. The van der Waals surface area contributed by atoms with E-state index in [4.69, 9.17) is 14.2 Å². The fraction of sp³-hybridized carbons (Fsp3) is 0.242. The van der Waals surface area contributed by atoms with Gasteiger partial charge in [-0.1, -0.05) is 72.8 Å². The quantitative estimate of drug-likeness (QED) is 0.258. The summed E-state index contributed by atoms with van der Waals surface area (Å²) < 4.78 is 17.7. The van der Waals surface area contributed by atoms with Crippen LogP contribution in [0.5, 0.6) is 11.5 Å². The van der Waals surface area contributed by atoms with Gasteiger partial charge in [0, 0.05) is 5.56 Å². The number of nitrogens with one attached hydrogen (secondary N) is 1. The number of rotatable bonds is 6. The molecule has 0 unspecified atom stereocenters. The van der Waals surface area contributed by atoms with Gasteiger partial charge in [-0.3, -0.25) is 10.1 Å². The zero-order chi connectivity index (χ0) is 28.8. The number of carbonyl (C=O) groups is 3.